The van der Waals surface area contributed by atoms with E-state index in [4.69, 9.17) is 0 Å². The number of anilines is 1. The normalized spacial score (nSPS) is 11.4. The van der Waals surface area contributed by atoms with Gasteiger partial charge in [0.2, 0.25) is 0 Å². The maximum atomic E-state index is 4.61. The van der Waals surface area contributed by atoms with Crippen molar-refractivity contribution in [3.63, 3.8) is 0 Å². The molecule has 1 N–H and O–H groups in total. The van der Waals surface area contributed by atoms with Crippen molar-refractivity contribution in [2.24, 2.45) is 0 Å². The second kappa shape index (κ2) is 5.94. The Hall–Kier alpha value is -2.77. The number of hydrogen-bond donors (Lipinski definition) is 1. The number of fused-ring (bicyclic) bond motifs is 2. The molecular formula is C18H13N5S2. The van der Waals surface area contributed by atoms with E-state index in [1.54, 1.807) is 29.0 Å². The number of aromatic nitrogens is 4. The summed E-state index contributed by atoms with van der Waals surface area (Å²) in [6.45, 7) is 0.630. The lowest BCUT2D eigenvalue weighted by Gasteiger charge is -2.07. The molecule has 0 saturated heterocycles. The Kier molecular flexibility index (Phi) is 3.46. The van der Waals surface area contributed by atoms with Crippen LogP contribution in [0.1, 0.15) is 5.69 Å². The van der Waals surface area contributed by atoms with E-state index >= 15 is 0 Å². The zero-order valence-electron chi connectivity index (χ0n) is 13.1. The minimum absolute atomic E-state index is 0.630. The topological polar surface area (TPSA) is 55.1 Å². The average Bonchev–Trinajstić information content (AvgIpc) is 3.35. The Bertz CT molecular complexity index is 1130. The van der Waals surface area contributed by atoms with Gasteiger partial charge >= 0.3 is 0 Å². The first kappa shape index (κ1) is 14.6. The summed E-state index contributed by atoms with van der Waals surface area (Å²) in [5, 5.41) is 8.68. The van der Waals surface area contributed by atoms with Crippen molar-refractivity contribution in [2.45, 2.75) is 6.54 Å². The van der Waals surface area contributed by atoms with Gasteiger partial charge in [-0.25, -0.2) is 15.0 Å². The van der Waals surface area contributed by atoms with Gasteiger partial charge in [0.05, 0.1) is 17.6 Å². The molecule has 5 nitrogen and oxygen atoms in total. The highest BCUT2D eigenvalue weighted by atomic mass is 32.1. The third kappa shape index (κ3) is 2.57. The summed E-state index contributed by atoms with van der Waals surface area (Å²) >= 11 is 3.27. The molecule has 1 aromatic carbocycles. The smallest absolute Gasteiger partial charge is 0.193 e. The number of rotatable bonds is 4. The number of benzene rings is 1. The standard InChI is InChI=1S/C18H13N5S2/c1-2-4-12(5-3-1)14-10-25-17-15(14)16(20-11-21-17)19-8-13-9-23-6-7-24-18(23)22-13/h1-7,9-11H,8H2,(H,19,20,21). The monoisotopic (exact) mass is 363 g/mol. The van der Waals surface area contributed by atoms with Gasteiger partial charge in [-0.2, -0.15) is 0 Å². The molecule has 4 aromatic heterocycles. The summed E-state index contributed by atoms with van der Waals surface area (Å²) in [5.74, 6) is 0.849. The van der Waals surface area contributed by atoms with E-state index in [2.05, 4.69) is 37.8 Å². The van der Waals surface area contributed by atoms with Crippen LogP contribution in [-0.2, 0) is 6.54 Å². The van der Waals surface area contributed by atoms with E-state index < -0.39 is 0 Å². The summed E-state index contributed by atoms with van der Waals surface area (Å²) in [4.78, 5) is 15.5. The maximum Gasteiger partial charge on any atom is 0.193 e. The second-order valence-corrected chi connectivity index (χ2v) is 7.33. The minimum atomic E-state index is 0.630. The highest BCUT2D eigenvalue weighted by Gasteiger charge is 2.13. The van der Waals surface area contributed by atoms with Gasteiger partial charge in [0, 0.05) is 28.7 Å². The Morgan fingerprint density at radius 2 is 2.00 bits per heavy atom. The van der Waals surface area contributed by atoms with Crippen LogP contribution in [0.15, 0.2) is 59.8 Å². The van der Waals surface area contributed by atoms with Crippen LogP contribution in [0.3, 0.4) is 0 Å². The molecule has 122 valence electrons. The molecule has 25 heavy (non-hydrogen) atoms. The van der Waals surface area contributed by atoms with E-state index in [-0.39, 0.29) is 0 Å². The molecule has 0 saturated carbocycles. The average molecular weight is 363 g/mol. The van der Waals surface area contributed by atoms with E-state index in [9.17, 15) is 0 Å². The lowest BCUT2D eigenvalue weighted by molar-refractivity contribution is 1.06. The fourth-order valence-electron chi connectivity index (χ4n) is 2.87. The number of thiophene rings is 1. The van der Waals surface area contributed by atoms with Crippen LogP contribution in [0.5, 0.6) is 0 Å². The van der Waals surface area contributed by atoms with Gasteiger partial charge in [0.15, 0.2) is 4.96 Å². The molecule has 7 heteroatoms. The SMILES string of the molecule is c1ccc(-c2csc3ncnc(NCc4cn5ccsc5n4)c23)cc1. The third-order valence-corrected chi connectivity index (χ3v) is 5.69. The third-order valence-electron chi connectivity index (χ3n) is 4.04. The first-order valence-electron chi connectivity index (χ1n) is 7.81. The summed E-state index contributed by atoms with van der Waals surface area (Å²) < 4.78 is 2.04. The molecule has 0 unspecified atom stereocenters. The molecule has 0 amide bonds. The Morgan fingerprint density at radius 1 is 1.08 bits per heavy atom. The van der Waals surface area contributed by atoms with E-state index in [0.717, 1.165) is 32.3 Å². The molecular weight excluding hydrogens is 350 g/mol. The molecule has 0 atom stereocenters. The molecule has 0 aliphatic heterocycles. The van der Waals surface area contributed by atoms with Gasteiger partial charge < -0.3 is 5.32 Å². The fraction of sp³-hybridized carbons (Fsp3) is 0.0556. The lowest BCUT2D eigenvalue weighted by atomic mass is 10.1. The van der Waals surface area contributed by atoms with Crippen LogP contribution >= 0.6 is 22.7 Å². The number of imidazole rings is 1. The molecule has 0 aliphatic rings. The van der Waals surface area contributed by atoms with Crippen LogP contribution in [0, 0.1) is 0 Å². The van der Waals surface area contributed by atoms with Crippen molar-refractivity contribution >= 4 is 43.7 Å². The van der Waals surface area contributed by atoms with Crippen molar-refractivity contribution < 1.29 is 0 Å². The summed E-state index contributed by atoms with van der Waals surface area (Å²) in [5.41, 5.74) is 3.33. The first-order chi connectivity index (χ1) is 12.4. The lowest BCUT2D eigenvalue weighted by Crippen LogP contribution is -2.02. The Labute approximate surface area is 151 Å². The second-order valence-electron chi connectivity index (χ2n) is 5.60. The zero-order valence-corrected chi connectivity index (χ0v) is 14.7. The highest BCUT2D eigenvalue weighted by molar-refractivity contribution is 7.17. The molecule has 0 spiro atoms. The van der Waals surface area contributed by atoms with E-state index in [1.165, 1.54) is 5.56 Å². The Morgan fingerprint density at radius 3 is 2.88 bits per heavy atom. The summed E-state index contributed by atoms with van der Waals surface area (Å²) in [6.07, 6.45) is 5.68. The molecule has 4 heterocycles. The largest absolute Gasteiger partial charge is 0.364 e. The van der Waals surface area contributed by atoms with Crippen LogP contribution < -0.4 is 5.32 Å². The van der Waals surface area contributed by atoms with E-state index in [1.807, 2.05) is 40.4 Å². The van der Waals surface area contributed by atoms with Crippen molar-refractivity contribution in [2.75, 3.05) is 5.32 Å². The van der Waals surface area contributed by atoms with Gasteiger partial charge in [-0.05, 0) is 5.56 Å². The predicted octanol–water partition coefficient (Wildman–Crippen LogP) is 4.68. The predicted molar refractivity (Wildman–Crippen MR) is 103 cm³/mol. The maximum absolute atomic E-state index is 4.61. The number of nitrogens with zero attached hydrogens (tertiary/aromatic N) is 4. The molecule has 5 aromatic rings. The van der Waals surface area contributed by atoms with Crippen LogP contribution in [0.25, 0.3) is 26.3 Å². The molecule has 0 fully saturated rings. The molecule has 0 aliphatic carbocycles. The van der Waals surface area contributed by atoms with Gasteiger partial charge in [-0.3, -0.25) is 4.40 Å². The van der Waals surface area contributed by atoms with Gasteiger partial charge in [-0.15, -0.1) is 22.7 Å². The van der Waals surface area contributed by atoms with Gasteiger partial charge in [0.25, 0.3) is 0 Å². The summed E-state index contributed by atoms with van der Waals surface area (Å²) in [7, 11) is 0. The van der Waals surface area contributed by atoms with Crippen molar-refractivity contribution in [3.8, 4) is 11.1 Å². The Balaban J connectivity index is 1.52. The highest BCUT2D eigenvalue weighted by Crippen LogP contribution is 2.36. The van der Waals surface area contributed by atoms with Gasteiger partial charge in [0.1, 0.15) is 17.0 Å². The van der Waals surface area contributed by atoms with Crippen molar-refractivity contribution in [1.29, 1.82) is 0 Å². The first-order valence-corrected chi connectivity index (χ1v) is 9.57. The number of hydrogen-bond acceptors (Lipinski definition) is 6. The van der Waals surface area contributed by atoms with Crippen LogP contribution in [0.4, 0.5) is 5.82 Å². The van der Waals surface area contributed by atoms with Crippen LogP contribution in [-0.4, -0.2) is 19.4 Å². The number of thiazole rings is 1. The molecule has 0 bridgehead atoms. The minimum Gasteiger partial charge on any atom is -0.364 e. The molecule has 5 rings (SSSR count). The molecule has 0 radical (unpaired) electrons. The number of nitrogens with one attached hydrogen (secondary N) is 1. The quantitative estimate of drug-likeness (QED) is 0.504. The van der Waals surface area contributed by atoms with Crippen molar-refractivity contribution in [3.05, 3.63) is 65.5 Å². The van der Waals surface area contributed by atoms with E-state index in [0.29, 0.717) is 6.54 Å². The van der Waals surface area contributed by atoms with Crippen molar-refractivity contribution in [1.82, 2.24) is 19.4 Å². The zero-order chi connectivity index (χ0) is 16.6. The summed E-state index contributed by atoms with van der Waals surface area (Å²) in [6, 6.07) is 10.3. The fourth-order valence-corrected chi connectivity index (χ4v) is 4.51. The van der Waals surface area contributed by atoms with Crippen LogP contribution in [0.2, 0.25) is 0 Å². The van der Waals surface area contributed by atoms with Gasteiger partial charge in [-0.1, -0.05) is 30.3 Å².